The lowest BCUT2D eigenvalue weighted by molar-refractivity contribution is -0.153. The van der Waals surface area contributed by atoms with Crippen molar-refractivity contribution in [3.63, 3.8) is 0 Å². The van der Waals surface area contributed by atoms with Gasteiger partial charge in [-0.15, -0.1) is 6.42 Å². The number of amides is 1. The molecule has 1 saturated heterocycles. The second-order valence-electron chi connectivity index (χ2n) is 13.4. The number of imidazole rings is 1. The number of nitrogens with one attached hydrogen (secondary N) is 1. The maximum Gasteiger partial charge on any atom is 0.312 e. The predicted molar refractivity (Wildman–Crippen MR) is 173 cm³/mol. The molecule has 2 aliphatic rings. The van der Waals surface area contributed by atoms with Crippen molar-refractivity contribution in [3.05, 3.63) is 41.2 Å². The van der Waals surface area contributed by atoms with Crippen LogP contribution < -0.4 is 10.1 Å². The molecule has 13 heteroatoms. The van der Waals surface area contributed by atoms with Crippen molar-refractivity contribution in [1.82, 2.24) is 19.5 Å². The molecule has 2 N–H and O–H groups in total. The molecular weight excluding hydrogens is 621 g/mol. The summed E-state index contributed by atoms with van der Waals surface area (Å²) in [6, 6.07) is 3.68. The number of terminal acetylenes is 1. The molecule has 5 rings (SSSR count). The van der Waals surface area contributed by atoms with Crippen molar-refractivity contribution in [2.45, 2.75) is 122 Å². The van der Waals surface area contributed by atoms with E-state index in [1.165, 1.54) is 17.8 Å². The fourth-order valence-corrected chi connectivity index (χ4v) is 6.90. The summed E-state index contributed by atoms with van der Waals surface area (Å²) in [5, 5.41) is 14.2. The minimum Gasteiger partial charge on any atom is -0.455 e. The highest BCUT2D eigenvalue weighted by atomic mass is 19.1. The molecule has 0 radical (unpaired) electrons. The van der Waals surface area contributed by atoms with E-state index in [0.717, 1.165) is 36.8 Å². The standard InChI is InChI=1S/C35H42FN5O7/c1-8-10-11-12-13-14-24(43)38-29-28-30(40-32(36)39-29)41(19-37-28)25-17-34(45)31(35(34,9-2)48-25)47-26(44)18-33(6,7)27-21(4)15-20(3)16-23(27)46-22(5)42/h2,15-16,19,25,31,45H,8,10-14,17-18H2,1,3-7H3,(H,38,39,40,43)/t25-,31?,34-,35-/m1/s1. The Bertz CT molecular complexity index is 1800. The number of aromatic nitrogens is 4. The highest BCUT2D eigenvalue weighted by molar-refractivity contribution is 5.96. The quantitative estimate of drug-likeness (QED) is 0.0828. The van der Waals surface area contributed by atoms with Gasteiger partial charge in [-0.05, 0) is 37.5 Å². The molecule has 3 aromatic rings. The van der Waals surface area contributed by atoms with Crippen LogP contribution >= 0.6 is 0 Å². The largest absolute Gasteiger partial charge is 0.455 e. The smallest absolute Gasteiger partial charge is 0.312 e. The molecular formula is C35H42FN5O7. The summed E-state index contributed by atoms with van der Waals surface area (Å²) >= 11 is 0. The first-order chi connectivity index (χ1) is 22.7. The van der Waals surface area contributed by atoms with Crippen molar-refractivity contribution in [2.75, 3.05) is 5.32 Å². The Morgan fingerprint density at radius 2 is 1.94 bits per heavy atom. The number of nitrogens with zero attached hydrogens (tertiary/aromatic N) is 4. The van der Waals surface area contributed by atoms with Crippen LogP contribution in [0.5, 0.6) is 5.75 Å². The van der Waals surface area contributed by atoms with Crippen molar-refractivity contribution < 1.29 is 38.1 Å². The summed E-state index contributed by atoms with van der Waals surface area (Å²) < 4.78 is 33.3. The number of hydrogen-bond acceptors (Lipinski definition) is 10. The van der Waals surface area contributed by atoms with Gasteiger partial charge in [-0.1, -0.05) is 58.4 Å². The van der Waals surface area contributed by atoms with Crippen LogP contribution in [0.25, 0.3) is 11.2 Å². The van der Waals surface area contributed by atoms with Gasteiger partial charge in [0, 0.05) is 30.7 Å². The van der Waals surface area contributed by atoms with Crippen molar-refractivity contribution >= 4 is 34.8 Å². The maximum absolute atomic E-state index is 14.6. The maximum atomic E-state index is 14.6. The summed E-state index contributed by atoms with van der Waals surface area (Å²) in [7, 11) is 0. The topological polar surface area (TPSA) is 155 Å². The summed E-state index contributed by atoms with van der Waals surface area (Å²) in [6.07, 6.45) is 8.91. The Labute approximate surface area is 278 Å². The number of benzene rings is 1. The van der Waals surface area contributed by atoms with Gasteiger partial charge in [0.05, 0.1) is 12.7 Å². The van der Waals surface area contributed by atoms with Crippen LogP contribution in [-0.2, 0) is 29.3 Å². The van der Waals surface area contributed by atoms with Gasteiger partial charge in [-0.25, -0.2) is 4.98 Å². The number of aliphatic hydroxyl groups is 1. The molecule has 1 aliphatic carbocycles. The third-order valence-corrected chi connectivity index (χ3v) is 9.06. The van der Waals surface area contributed by atoms with Gasteiger partial charge >= 0.3 is 18.0 Å². The zero-order chi connectivity index (χ0) is 35.0. The SMILES string of the molecule is C#C[C@]12O[C@@H](n3cnc4c(NC(=O)CCCCCCC)nc(F)nc43)C[C@@]1(O)C2OC(=O)CC(C)(C)c1c(C)cc(C)cc1OC(C)=O. The number of aryl methyl sites for hydroxylation is 2. The zero-order valence-electron chi connectivity index (χ0n) is 28.2. The Morgan fingerprint density at radius 1 is 1.21 bits per heavy atom. The van der Waals surface area contributed by atoms with Crippen LogP contribution in [0.15, 0.2) is 18.5 Å². The van der Waals surface area contributed by atoms with E-state index in [2.05, 4.69) is 33.1 Å². The average Bonchev–Trinajstić information content (AvgIpc) is 3.27. The molecule has 0 bridgehead atoms. The van der Waals surface area contributed by atoms with Gasteiger partial charge in [0.15, 0.2) is 28.7 Å². The van der Waals surface area contributed by atoms with Crippen LogP contribution in [0.1, 0.15) is 102 Å². The molecule has 1 aliphatic heterocycles. The Morgan fingerprint density at radius 3 is 2.60 bits per heavy atom. The van der Waals surface area contributed by atoms with Gasteiger partial charge in [-0.2, -0.15) is 14.4 Å². The van der Waals surface area contributed by atoms with Gasteiger partial charge in [0.25, 0.3) is 0 Å². The van der Waals surface area contributed by atoms with Gasteiger partial charge in [-0.3, -0.25) is 19.0 Å². The first kappa shape index (κ1) is 34.9. The van der Waals surface area contributed by atoms with Gasteiger partial charge in [0.1, 0.15) is 12.0 Å². The number of carbonyl (C=O) groups is 3. The predicted octanol–water partition coefficient (Wildman–Crippen LogP) is 5.12. The number of halogens is 1. The number of ether oxygens (including phenoxy) is 3. The first-order valence-electron chi connectivity index (χ1n) is 16.2. The number of hydrogen-bond donors (Lipinski definition) is 2. The third-order valence-electron chi connectivity index (χ3n) is 9.06. The van der Waals surface area contributed by atoms with E-state index in [0.29, 0.717) is 17.7 Å². The Hall–Kier alpha value is -4.41. The van der Waals surface area contributed by atoms with Crippen LogP contribution in [0.3, 0.4) is 0 Å². The second kappa shape index (κ2) is 13.2. The van der Waals surface area contributed by atoms with E-state index in [1.807, 2.05) is 33.8 Å². The molecule has 48 heavy (non-hydrogen) atoms. The zero-order valence-corrected chi connectivity index (χ0v) is 28.2. The minimum absolute atomic E-state index is 0.0372. The summed E-state index contributed by atoms with van der Waals surface area (Å²) in [5.41, 5.74) is -1.60. The second-order valence-corrected chi connectivity index (χ2v) is 13.4. The summed E-state index contributed by atoms with van der Waals surface area (Å²) in [4.78, 5) is 49.6. The number of esters is 2. The molecule has 1 unspecified atom stereocenters. The van der Waals surface area contributed by atoms with E-state index in [1.54, 1.807) is 6.07 Å². The van der Waals surface area contributed by atoms with E-state index in [9.17, 15) is 23.9 Å². The van der Waals surface area contributed by atoms with E-state index in [4.69, 9.17) is 20.6 Å². The Kier molecular flexibility index (Phi) is 9.63. The molecule has 12 nitrogen and oxygen atoms in total. The molecule has 2 fully saturated rings. The van der Waals surface area contributed by atoms with Crippen LogP contribution in [0.4, 0.5) is 10.2 Å². The lowest BCUT2D eigenvalue weighted by Crippen LogP contribution is -2.29. The van der Waals surface area contributed by atoms with Gasteiger partial charge < -0.3 is 24.6 Å². The van der Waals surface area contributed by atoms with Crippen molar-refractivity contribution in [1.29, 1.82) is 0 Å². The summed E-state index contributed by atoms with van der Waals surface area (Å²) in [6.45, 7) is 10.8. The fourth-order valence-electron chi connectivity index (χ4n) is 6.90. The number of anilines is 1. The molecule has 1 saturated carbocycles. The lowest BCUT2D eigenvalue weighted by atomic mass is 9.78. The first-order valence-corrected chi connectivity index (χ1v) is 16.2. The minimum atomic E-state index is -1.73. The van der Waals surface area contributed by atoms with E-state index < -0.39 is 47.0 Å². The van der Waals surface area contributed by atoms with Crippen LogP contribution in [0, 0.1) is 32.3 Å². The average molecular weight is 664 g/mol. The molecule has 4 atom stereocenters. The summed E-state index contributed by atoms with van der Waals surface area (Å²) in [5.74, 6) is 1.33. The number of carbonyl (C=O) groups excluding carboxylic acids is 3. The Balaban J connectivity index is 1.28. The molecule has 1 amide bonds. The van der Waals surface area contributed by atoms with Crippen molar-refractivity contribution in [2.24, 2.45) is 0 Å². The highest BCUT2D eigenvalue weighted by Crippen LogP contribution is 2.64. The number of rotatable bonds is 13. The third kappa shape index (κ3) is 6.51. The number of unbranched alkanes of at least 4 members (excludes halogenated alkanes) is 4. The van der Waals surface area contributed by atoms with Crippen LogP contribution in [0.2, 0.25) is 0 Å². The van der Waals surface area contributed by atoms with Crippen LogP contribution in [-0.4, -0.2) is 59.8 Å². The fraction of sp³-hybridized carbons (Fsp3) is 0.543. The number of fused-ring (bicyclic) bond motifs is 2. The van der Waals surface area contributed by atoms with Gasteiger partial charge in [0.2, 0.25) is 11.5 Å². The monoisotopic (exact) mass is 663 g/mol. The molecule has 0 spiro atoms. The van der Waals surface area contributed by atoms with E-state index in [-0.39, 0.29) is 42.2 Å². The molecule has 1 aromatic carbocycles. The molecule has 3 heterocycles. The highest BCUT2D eigenvalue weighted by Gasteiger charge is 2.85. The molecule has 256 valence electrons. The lowest BCUT2D eigenvalue weighted by Gasteiger charge is -2.29. The van der Waals surface area contributed by atoms with E-state index >= 15 is 0 Å². The molecule has 2 aromatic heterocycles. The van der Waals surface area contributed by atoms with Crippen molar-refractivity contribution in [3.8, 4) is 18.1 Å². The normalized spacial score (nSPS) is 23.0.